The van der Waals surface area contributed by atoms with Crippen molar-refractivity contribution in [3.8, 4) is 0 Å². The molecule has 0 radical (unpaired) electrons. The van der Waals surface area contributed by atoms with E-state index in [0.717, 1.165) is 18.5 Å². The van der Waals surface area contributed by atoms with E-state index in [1.165, 1.54) is 45.1 Å². The number of piperidine rings is 1. The van der Waals surface area contributed by atoms with Gasteiger partial charge in [0.05, 0.1) is 0 Å². The van der Waals surface area contributed by atoms with Gasteiger partial charge in [-0.05, 0) is 38.5 Å². The first-order valence-electron chi connectivity index (χ1n) is 7.00. The molecule has 0 aromatic carbocycles. The molecule has 16 heavy (non-hydrogen) atoms. The van der Waals surface area contributed by atoms with Gasteiger partial charge in [0.15, 0.2) is 0 Å². The van der Waals surface area contributed by atoms with Gasteiger partial charge in [-0.1, -0.05) is 19.8 Å². The number of aliphatic hydroxyl groups excluding tert-OH is 1. The molecule has 0 bridgehead atoms. The summed E-state index contributed by atoms with van der Waals surface area (Å²) in [5, 5.41) is 9.67. The van der Waals surface area contributed by atoms with Crippen LogP contribution in [-0.4, -0.2) is 35.7 Å². The highest BCUT2D eigenvalue weighted by atomic mass is 16.3. The molecule has 94 valence electrons. The van der Waals surface area contributed by atoms with E-state index in [0.29, 0.717) is 6.61 Å². The average molecular weight is 225 g/mol. The summed E-state index contributed by atoms with van der Waals surface area (Å²) in [6.07, 6.45) is 7.82. The van der Waals surface area contributed by atoms with Crippen LogP contribution < -0.4 is 0 Å². The third kappa shape index (κ3) is 2.60. The first-order chi connectivity index (χ1) is 7.65. The predicted molar refractivity (Wildman–Crippen MR) is 67.4 cm³/mol. The topological polar surface area (TPSA) is 23.5 Å². The lowest BCUT2D eigenvalue weighted by atomic mass is 9.84. The summed E-state index contributed by atoms with van der Waals surface area (Å²) in [5.74, 6) is 0.841. The van der Waals surface area contributed by atoms with Crippen LogP contribution in [0.1, 0.15) is 52.4 Å². The molecular formula is C14H27NO. The van der Waals surface area contributed by atoms with Crippen LogP contribution >= 0.6 is 0 Å². The second-order valence-electron chi connectivity index (χ2n) is 6.33. The molecule has 1 saturated carbocycles. The largest absolute Gasteiger partial charge is 0.396 e. The van der Waals surface area contributed by atoms with Crippen molar-refractivity contribution >= 4 is 0 Å². The van der Waals surface area contributed by atoms with Crippen molar-refractivity contribution in [1.29, 1.82) is 0 Å². The summed E-state index contributed by atoms with van der Waals surface area (Å²) in [4.78, 5) is 2.63. The zero-order valence-corrected chi connectivity index (χ0v) is 10.9. The number of likely N-dealkylation sites (tertiary alicyclic amines) is 1. The average Bonchev–Trinajstić information content (AvgIpc) is 2.73. The van der Waals surface area contributed by atoms with Crippen molar-refractivity contribution in [2.45, 2.75) is 58.4 Å². The lowest BCUT2D eigenvalue weighted by Crippen LogP contribution is -2.47. The molecule has 0 aromatic heterocycles. The lowest BCUT2D eigenvalue weighted by Gasteiger charge is -2.42. The van der Waals surface area contributed by atoms with E-state index >= 15 is 0 Å². The van der Waals surface area contributed by atoms with Gasteiger partial charge in [-0.15, -0.1) is 0 Å². The van der Waals surface area contributed by atoms with Crippen molar-refractivity contribution in [3.05, 3.63) is 0 Å². The van der Waals surface area contributed by atoms with Crippen LogP contribution in [0.4, 0.5) is 0 Å². The Morgan fingerprint density at radius 1 is 1.19 bits per heavy atom. The van der Waals surface area contributed by atoms with Gasteiger partial charge in [0, 0.05) is 31.2 Å². The summed E-state index contributed by atoms with van der Waals surface area (Å²) in [6, 6.07) is 0.722. The van der Waals surface area contributed by atoms with Crippen LogP contribution in [0.15, 0.2) is 0 Å². The molecule has 2 rings (SSSR count). The second kappa shape index (κ2) is 5.05. The minimum absolute atomic E-state index is 0.241. The predicted octanol–water partition coefficient (Wildman–Crippen LogP) is 2.66. The van der Waals surface area contributed by atoms with Crippen LogP contribution in [0.5, 0.6) is 0 Å². The Bertz CT molecular complexity index is 223. The quantitative estimate of drug-likeness (QED) is 0.798. The van der Waals surface area contributed by atoms with Gasteiger partial charge < -0.3 is 5.11 Å². The molecular weight excluding hydrogens is 198 g/mol. The maximum absolute atomic E-state index is 9.67. The van der Waals surface area contributed by atoms with Crippen molar-refractivity contribution in [2.75, 3.05) is 19.7 Å². The fourth-order valence-electron chi connectivity index (χ4n) is 3.52. The van der Waals surface area contributed by atoms with Gasteiger partial charge in [-0.25, -0.2) is 0 Å². The highest BCUT2D eigenvalue weighted by molar-refractivity contribution is 4.90. The van der Waals surface area contributed by atoms with E-state index in [1.807, 2.05) is 0 Å². The van der Waals surface area contributed by atoms with E-state index in [9.17, 15) is 5.11 Å². The van der Waals surface area contributed by atoms with E-state index in [2.05, 4.69) is 18.7 Å². The Kier molecular flexibility index (Phi) is 3.91. The van der Waals surface area contributed by atoms with Crippen molar-refractivity contribution in [1.82, 2.24) is 4.90 Å². The van der Waals surface area contributed by atoms with Crippen LogP contribution in [0.3, 0.4) is 0 Å². The minimum atomic E-state index is 0.241. The van der Waals surface area contributed by atoms with Gasteiger partial charge in [-0.3, -0.25) is 4.90 Å². The summed E-state index contributed by atoms with van der Waals surface area (Å²) >= 11 is 0. The molecule has 2 heteroatoms. The monoisotopic (exact) mass is 225 g/mol. The molecule has 2 nitrogen and oxygen atoms in total. The van der Waals surface area contributed by atoms with Gasteiger partial charge in [-0.2, -0.15) is 0 Å². The fourth-order valence-corrected chi connectivity index (χ4v) is 3.52. The van der Waals surface area contributed by atoms with Gasteiger partial charge in [0.2, 0.25) is 0 Å². The molecule has 0 amide bonds. The van der Waals surface area contributed by atoms with Crippen LogP contribution in [0.2, 0.25) is 0 Å². The molecule has 2 fully saturated rings. The van der Waals surface area contributed by atoms with E-state index in [-0.39, 0.29) is 5.41 Å². The lowest BCUT2D eigenvalue weighted by molar-refractivity contribution is 0.0343. The molecule has 2 unspecified atom stereocenters. The molecule has 0 spiro atoms. The Labute approximate surface area is 100 Å². The Morgan fingerprint density at radius 3 is 2.50 bits per heavy atom. The minimum Gasteiger partial charge on any atom is -0.396 e. The third-order valence-electron chi connectivity index (χ3n) is 4.78. The molecule has 1 aliphatic heterocycles. The Hall–Kier alpha value is -0.0800. The highest BCUT2D eigenvalue weighted by Gasteiger charge is 2.37. The molecule has 1 saturated heterocycles. The maximum atomic E-state index is 9.67. The van der Waals surface area contributed by atoms with E-state index in [1.54, 1.807) is 0 Å². The first-order valence-corrected chi connectivity index (χ1v) is 7.00. The third-order valence-corrected chi connectivity index (χ3v) is 4.78. The zero-order chi connectivity index (χ0) is 11.6. The molecule has 2 aliphatic rings. The van der Waals surface area contributed by atoms with Gasteiger partial charge in [0.1, 0.15) is 0 Å². The van der Waals surface area contributed by atoms with Crippen LogP contribution in [0, 0.1) is 11.3 Å². The number of hydrogen-bond acceptors (Lipinski definition) is 2. The zero-order valence-electron chi connectivity index (χ0n) is 10.9. The standard InChI is InChI=1S/C14H27NO/c1-12-5-6-13(2)15(9-12)10-14(11-16)7-3-4-8-14/h12-13,16H,3-11H2,1-2H3. The number of rotatable bonds is 3. The summed E-state index contributed by atoms with van der Waals surface area (Å²) in [5.41, 5.74) is 0.241. The van der Waals surface area contributed by atoms with Crippen molar-refractivity contribution < 1.29 is 5.11 Å². The van der Waals surface area contributed by atoms with Gasteiger partial charge in [0.25, 0.3) is 0 Å². The van der Waals surface area contributed by atoms with E-state index in [4.69, 9.17) is 0 Å². The highest BCUT2D eigenvalue weighted by Crippen LogP contribution is 2.39. The molecule has 0 aromatic rings. The summed E-state index contributed by atoms with van der Waals surface area (Å²) in [6.45, 7) is 7.48. The van der Waals surface area contributed by atoms with Crippen molar-refractivity contribution in [2.24, 2.45) is 11.3 Å². The Morgan fingerprint density at radius 2 is 1.88 bits per heavy atom. The van der Waals surface area contributed by atoms with Crippen LogP contribution in [-0.2, 0) is 0 Å². The fraction of sp³-hybridized carbons (Fsp3) is 1.00. The van der Waals surface area contributed by atoms with Crippen LogP contribution in [0.25, 0.3) is 0 Å². The van der Waals surface area contributed by atoms with Gasteiger partial charge >= 0.3 is 0 Å². The number of aliphatic hydroxyl groups is 1. The molecule has 1 aliphatic carbocycles. The molecule has 1 N–H and O–H groups in total. The maximum Gasteiger partial charge on any atom is 0.0499 e. The summed E-state index contributed by atoms with van der Waals surface area (Å²) in [7, 11) is 0. The van der Waals surface area contributed by atoms with E-state index < -0.39 is 0 Å². The molecule has 1 heterocycles. The molecule has 2 atom stereocenters. The smallest absolute Gasteiger partial charge is 0.0499 e. The number of hydrogen-bond donors (Lipinski definition) is 1. The Balaban J connectivity index is 1.96. The summed E-state index contributed by atoms with van der Waals surface area (Å²) < 4.78 is 0. The first kappa shape index (κ1) is 12.4. The normalized spacial score (nSPS) is 35.4. The number of nitrogens with zero attached hydrogens (tertiary/aromatic N) is 1. The van der Waals surface area contributed by atoms with Crippen molar-refractivity contribution in [3.63, 3.8) is 0 Å². The second-order valence-corrected chi connectivity index (χ2v) is 6.33. The SMILES string of the molecule is CC1CCC(C)N(CC2(CO)CCCC2)C1.